The Hall–Kier alpha value is -1.73. The van der Waals surface area contributed by atoms with E-state index in [0.717, 1.165) is 30.2 Å². The Morgan fingerprint density at radius 2 is 1.58 bits per heavy atom. The first kappa shape index (κ1) is 20.6. The van der Waals surface area contributed by atoms with Crippen molar-refractivity contribution < 1.29 is 0 Å². The molecule has 26 heavy (non-hydrogen) atoms. The number of aromatic amines is 1. The molecule has 1 aromatic heterocycles. The van der Waals surface area contributed by atoms with Crippen LogP contribution < -0.4 is 16.8 Å². The summed E-state index contributed by atoms with van der Waals surface area (Å²) in [4.78, 5) is 16.2. The third kappa shape index (κ3) is 6.88. The van der Waals surface area contributed by atoms with Crippen LogP contribution in [0.4, 0.5) is 0 Å². The van der Waals surface area contributed by atoms with Gasteiger partial charge in [0, 0.05) is 12.8 Å². The minimum atomic E-state index is -1.41. The molecule has 0 aliphatic carbocycles. The molecule has 0 spiro atoms. The second kappa shape index (κ2) is 10.4. The second-order valence-electron chi connectivity index (χ2n) is 7.10. The summed E-state index contributed by atoms with van der Waals surface area (Å²) in [6.07, 6.45) is 15.4. The van der Waals surface area contributed by atoms with Gasteiger partial charge in [0.15, 0.2) is 5.84 Å². The molecule has 0 unspecified atom stereocenters. The SMILES string of the molecule is CCCCCCCCCCCc1ncc(C2=NC(N)(N)N=C(CC)N2)[nH]1. The lowest BCUT2D eigenvalue weighted by molar-refractivity contribution is 0.481. The smallest absolute Gasteiger partial charge is 0.262 e. The Labute approximate surface area is 157 Å². The number of imidazole rings is 1. The van der Waals surface area contributed by atoms with Crippen LogP contribution in [-0.2, 0) is 6.42 Å². The van der Waals surface area contributed by atoms with E-state index >= 15 is 0 Å². The highest BCUT2D eigenvalue weighted by atomic mass is 15.4. The number of unbranched alkanes of at least 4 members (excludes halogenated alkanes) is 8. The molecule has 0 saturated carbocycles. The van der Waals surface area contributed by atoms with Gasteiger partial charge in [0.05, 0.1) is 6.20 Å². The van der Waals surface area contributed by atoms with Crippen LogP contribution in [0.2, 0.25) is 0 Å². The zero-order valence-electron chi connectivity index (χ0n) is 16.4. The van der Waals surface area contributed by atoms with Gasteiger partial charge >= 0.3 is 0 Å². The highest BCUT2D eigenvalue weighted by molar-refractivity contribution is 6.09. The summed E-state index contributed by atoms with van der Waals surface area (Å²) >= 11 is 0. The summed E-state index contributed by atoms with van der Waals surface area (Å²) < 4.78 is 0. The Bertz CT molecular complexity index is 601. The number of nitrogens with zero attached hydrogens (tertiary/aromatic N) is 3. The zero-order chi connectivity index (χ0) is 18.8. The quantitative estimate of drug-likeness (QED) is 0.338. The summed E-state index contributed by atoms with van der Waals surface area (Å²) in [5.74, 6) is 0.907. The summed E-state index contributed by atoms with van der Waals surface area (Å²) in [6, 6.07) is 0. The molecule has 1 aromatic rings. The fraction of sp³-hybridized carbons (Fsp3) is 0.737. The third-order valence-electron chi connectivity index (χ3n) is 4.60. The molecule has 0 aromatic carbocycles. The molecule has 146 valence electrons. The van der Waals surface area contributed by atoms with E-state index in [1.54, 1.807) is 6.20 Å². The fourth-order valence-corrected chi connectivity index (χ4v) is 3.12. The number of nitrogens with two attached hydrogens (primary N) is 2. The number of H-pyrrole nitrogens is 1. The number of rotatable bonds is 12. The van der Waals surface area contributed by atoms with Crippen LogP contribution in [0.1, 0.15) is 89.6 Å². The van der Waals surface area contributed by atoms with Crippen LogP contribution in [0.5, 0.6) is 0 Å². The predicted octanol–water partition coefficient (Wildman–Crippen LogP) is 3.17. The highest BCUT2D eigenvalue weighted by Crippen LogP contribution is 2.12. The van der Waals surface area contributed by atoms with Gasteiger partial charge in [0.1, 0.15) is 17.4 Å². The van der Waals surface area contributed by atoms with Crippen LogP contribution in [0, 0.1) is 0 Å². The number of hydrogen-bond donors (Lipinski definition) is 4. The lowest BCUT2D eigenvalue weighted by Gasteiger charge is -2.24. The van der Waals surface area contributed by atoms with Crippen LogP contribution in [0.15, 0.2) is 16.2 Å². The van der Waals surface area contributed by atoms with Crippen molar-refractivity contribution in [1.82, 2.24) is 15.3 Å². The maximum atomic E-state index is 5.87. The summed E-state index contributed by atoms with van der Waals surface area (Å²) in [5, 5.41) is 3.16. The summed E-state index contributed by atoms with van der Waals surface area (Å²) in [6.45, 7) is 4.25. The standard InChI is InChI=1S/C19H35N7/c1-3-5-6-7-8-9-10-11-12-13-17-22-14-15(23-17)18-24-16(4-2)25-19(20,21)26-18/h14H,3-13,20-21H2,1-2H3,(H,22,23)(H,24,25,26). The van der Waals surface area contributed by atoms with E-state index in [4.69, 9.17) is 11.5 Å². The number of amidine groups is 2. The normalized spacial score (nSPS) is 16.2. The van der Waals surface area contributed by atoms with Gasteiger partial charge in [-0.05, 0) is 6.42 Å². The second-order valence-corrected chi connectivity index (χ2v) is 7.10. The van der Waals surface area contributed by atoms with E-state index in [-0.39, 0.29) is 0 Å². The average Bonchev–Trinajstić information content (AvgIpc) is 3.08. The van der Waals surface area contributed by atoms with E-state index in [1.165, 1.54) is 51.4 Å². The van der Waals surface area contributed by atoms with Gasteiger partial charge in [-0.15, -0.1) is 0 Å². The molecule has 0 bridgehead atoms. The topological polar surface area (TPSA) is 117 Å². The highest BCUT2D eigenvalue weighted by Gasteiger charge is 2.24. The van der Waals surface area contributed by atoms with Crippen molar-refractivity contribution in [1.29, 1.82) is 0 Å². The molecule has 7 nitrogen and oxygen atoms in total. The average molecular weight is 362 g/mol. The molecular weight excluding hydrogens is 326 g/mol. The maximum Gasteiger partial charge on any atom is 0.262 e. The zero-order valence-corrected chi connectivity index (χ0v) is 16.4. The van der Waals surface area contributed by atoms with Crippen molar-refractivity contribution in [2.24, 2.45) is 21.5 Å². The number of nitrogens with one attached hydrogen (secondary N) is 2. The Morgan fingerprint density at radius 3 is 2.23 bits per heavy atom. The van der Waals surface area contributed by atoms with Gasteiger partial charge in [0.2, 0.25) is 0 Å². The van der Waals surface area contributed by atoms with E-state index in [1.807, 2.05) is 6.92 Å². The van der Waals surface area contributed by atoms with Crippen LogP contribution in [-0.4, -0.2) is 27.5 Å². The first-order chi connectivity index (χ1) is 12.5. The van der Waals surface area contributed by atoms with Crippen molar-refractivity contribution in [3.8, 4) is 0 Å². The van der Waals surface area contributed by atoms with E-state index in [0.29, 0.717) is 12.3 Å². The van der Waals surface area contributed by atoms with Gasteiger partial charge in [-0.3, -0.25) is 11.5 Å². The molecule has 1 aliphatic rings. The molecule has 0 radical (unpaired) electrons. The number of aromatic nitrogens is 2. The molecule has 0 saturated heterocycles. The summed E-state index contributed by atoms with van der Waals surface area (Å²) in [5.41, 5.74) is 12.5. The number of aryl methyl sites for hydroxylation is 1. The lowest BCUT2D eigenvalue weighted by atomic mass is 10.1. The first-order valence-corrected chi connectivity index (χ1v) is 10.1. The number of hydrogen-bond acceptors (Lipinski definition) is 6. The van der Waals surface area contributed by atoms with Crippen LogP contribution >= 0.6 is 0 Å². The minimum Gasteiger partial charge on any atom is -0.339 e. The van der Waals surface area contributed by atoms with Gasteiger partial charge in [-0.25, -0.2) is 15.0 Å². The molecule has 0 fully saturated rings. The molecule has 7 heteroatoms. The monoisotopic (exact) mass is 361 g/mol. The van der Waals surface area contributed by atoms with E-state index in [2.05, 4.69) is 32.2 Å². The number of aliphatic imine (C=N–C) groups is 2. The Kier molecular flexibility index (Phi) is 8.25. The summed E-state index contributed by atoms with van der Waals surface area (Å²) in [7, 11) is 0. The Balaban J connectivity index is 1.71. The molecule has 6 N–H and O–H groups in total. The molecule has 2 heterocycles. The van der Waals surface area contributed by atoms with Crippen LogP contribution in [0.25, 0.3) is 0 Å². The van der Waals surface area contributed by atoms with Crippen molar-refractivity contribution in [3.63, 3.8) is 0 Å². The first-order valence-electron chi connectivity index (χ1n) is 10.1. The van der Waals surface area contributed by atoms with Crippen molar-refractivity contribution >= 4 is 11.7 Å². The van der Waals surface area contributed by atoms with Crippen LogP contribution in [0.3, 0.4) is 0 Å². The predicted molar refractivity (Wildman–Crippen MR) is 108 cm³/mol. The Morgan fingerprint density at radius 1 is 0.923 bits per heavy atom. The molecule has 0 amide bonds. The molecule has 1 aliphatic heterocycles. The molecule has 2 rings (SSSR count). The molecule has 0 atom stereocenters. The fourth-order valence-electron chi connectivity index (χ4n) is 3.12. The van der Waals surface area contributed by atoms with Crippen molar-refractivity contribution in [3.05, 3.63) is 17.7 Å². The maximum absolute atomic E-state index is 5.87. The van der Waals surface area contributed by atoms with Gasteiger partial charge < -0.3 is 10.3 Å². The van der Waals surface area contributed by atoms with Gasteiger partial charge in [-0.2, -0.15) is 0 Å². The molecular formula is C19H35N7. The van der Waals surface area contributed by atoms with Gasteiger partial charge in [-0.1, -0.05) is 65.2 Å². The minimum absolute atomic E-state index is 0.604. The third-order valence-corrected chi connectivity index (χ3v) is 4.60. The van der Waals surface area contributed by atoms with Crippen molar-refractivity contribution in [2.75, 3.05) is 0 Å². The van der Waals surface area contributed by atoms with E-state index in [9.17, 15) is 0 Å². The van der Waals surface area contributed by atoms with Gasteiger partial charge in [0.25, 0.3) is 5.91 Å². The lowest BCUT2D eigenvalue weighted by Crippen LogP contribution is -2.53. The van der Waals surface area contributed by atoms with Crippen molar-refractivity contribution in [2.45, 2.75) is 90.4 Å². The van der Waals surface area contributed by atoms with E-state index < -0.39 is 5.91 Å². The largest absolute Gasteiger partial charge is 0.339 e.